The molecule has 0 heterocycles. The van der Waals surface area contributed by atoms with Crippen LogP contribution < -0.4 is 5.06 Å². The van der Waals surface area contributed by atoms with Crippen molar-refractivity contribution in [2.45, 2.75) is 46.5 Å². The van der Waals surface area contributed by atoms with Gasteiger partial charge in [0.25, 0.3) is 0 Å². The second-order valence-corrected chi connectivity index (χ2v) is 3.05. The van der Waals surface area contributed by atoms with Crippen molar-refractivity contribution in [2.75, 3.05) is 19.7 Å². The maximum atomic E-state index is 5.48. The maximum Gasteiger partial charge on any atom is 0.160 e. The summed E-state index contributed by atoms with van der Waals surface area (Å²) in [5.41, 5.74) is 0. The van der Waals surface area contributed by atoms with Gasteiger partial charge in [0.2, 0.25) is 0 Å². The standard InChI is InChI=1S/C10H23NO/c1-4-7-9-11(12-6-3)10-8-5-2/h4-10H2,1-3H3/q+1. The van der Waals surface area contributed by atoms with Crippen molar-refractivity contribution < 1.29 is 4.84 Å². The van der Waals surface area contributed by atoms with Crippen molar-refractivity contribution in [3.8, 4) is 0 Å². The molecule has 73 valence electrons. The van der Waals surface area contributed by atoms with Crippen molar-refractivity contribution >= 4 is 0 Å². The lowest BCUT2D eigenvalue weighted by atomic mass is 10.3. The number of hydrogen-bond acceptors (Lipinski definition) is 2. The van der Waals surface area contributed by atoms with E-state index in [1.165, 1.54) is 25.7 Å². The van der Waals surface area contributed by atoms with E-state index >= 15 is 0 Å². The molecule has 0 bridgehead atoms. The largest absolute Gasteiger partial charge is 0.160 e. The molecule has 0 N–H and O–H groups in total. The van der Waals surface area contributed by atoms with Gasteiger partial charge in [-0.3, -0.25) is 0 Å². The normalized spacial score (nSPS) is 11.0. The molecule has 0 saturated carbocycles. The van der Waals surface area contributed by atoms with Crippen molar-refractivity contribution in [3.05, 3.63) is 0 Å². The Balaban J connectivity index is 3.40. The van der Waals surface area contributed by atoms with E-state index in [0.29, 0.717) is 0 Å². The molecule has 0 saturated heterocycles. The summed E-state index contributed by atoms with van der Waals surface area (Å²) in [5, 5.41) is 2.10. The van der Waals surface area contributed by atoms with Crippen LogP contribution >= 0.6 is 0 Å². The third-order valence-corrected chi connectivity index (χ3v) is 1.83. The van der Waals surface area contributed by atoms with Gasteiger partial charge in [0.15, 0.2) is 13.1 Å². The van der Waals surface area contributed by atoms with Crippen molar-refractivity contribution in [3.63, 3.8) is 0 Å². The smallest absolute Gasteiger partial charge is 0.149 e. The van der Waals surface area contributed by atoms with E-state index in [1.807, 2.05) is 6.92 Å². The summed E-state index contributed by atoms with van der Waals surface area (Å²) < 4.78 is 0. The molecule has 2 heteroatoms. The summed E-state index contributed by atoms with van der Waals surface area (Å²) in [4.78, 5) is 5.48. The number of hydrogen-bond donors (Lipinski definition) is 0. The highest BCUT2D eigenvalue weighted by Gasteiger charge is 2.13. The van der Waals surface area contributed by atoms with Gasteiger partial charge in [-0.2, -0.15) is 0 Å². The van der Waals surface area contributed by atoms with Crippen LogP contribution in [0.15, 0.2) is 0 Å². The number of nitrogens with zero attached hydrogens (tertiary/aromatic N) is 1. The lowest BCUT2D eigenvalue weighted by Gasteiger charge is -2.07. The third-order valence-electron chi connectivity index (χ3n) is 1.83. The van der Waals surface area contributed by atoms with Crippen LogP contribution in [-0.4, -0.2) is 19.7 Å². The summed E-state index contributed by atoms with van der Waals surface area (Å²) in [6.07, 6.45) is 4.97. The van der Waals surface area contributed by atoms with E-state index in [0.717, 1.165) is 19.7 Å². The molecule has 0 fully saturated rings. The van der Waals surface area contributed by atoms with E-state index in [9.17, 15) is 0 Å². The molecule has 12 heavy (non-hydrogen) atoms. The zero-order valence-electron chi connectivity index (χ0n) is 8.81. The molecule has 0 aliphatic carbocycles. The summed E-state index contributed by atoms with van der Waals surface area (Å²) in [5.74, 6) is 0. The highest BCUT2D eigenvalue weighted by Crippen LogP contribution is 1.96. The fraction of sp³-hybridized carbons (Fsp3) is 1.00. The van der Waals surface area contributed by atoms with Gasteiger partial charge in [0.05, 0.1) is 0 Å². The molecule has 0 aliphatic heterocycles. The van der Waals surface area contributed by atoms with E-state index in [2.05, 4.69) is 18.9 Å². The first-order valence-electron chi connectivity index (χ1n) is 5.23. The van der Waals surface area contributed by atoms with Crippen molar-refractivity contribution in [2.24, 2.45) is 0 Å². The molecule has 0 aromatic rings. The summed E-state index contributed by atoms with van der Waals surface area (Å²) >= 11 is 0. The molecule has 0 atom stereocenters. The van der Waals surface area contributed by atoms with Crippen LogP contribution in [0, 0.1) is 0 Å². The maximum absolute atomic E-state index is 5.48. The Bertz CT molecular complexity index is 77.9. The van der Waals surface area contributed by atoms with Gasteiger partial charge in [-0.1, -0.05) is 26.7 Å². The zero-order valence-corrected chi connectivity index (χ0v) is 8.81. The molecule has 0 aromatic carbocycles. The van der Waals surface area contributed by atoms with E-state index in [1.54, 1.807) is 0 Å². The molecular weight excluding hydrogens is 150 g/mol. The van der Waals surface area contributed by atoms with Gasteiger partial charge < -0.3 is 0 Å². The predicted molar refractivity (Wildman–Crippen MR) is 53.3 cm³/mol. The highest BCUT2D eigenvalue weighted by molar-refractivity contribution is 4.51. The first-order chi connectivity index (χ1) is 5.85. The number of unbranched alkanes of at least 4 members (excludes halogenated alkanes) is 2. The summed E-state index contributed by atoms with van der Waals surface area (Å²) in [6.45, 7) is 9.45. The second-order valence-electron chi connectivity index (χ2n) is 3.05. The molecule has 0 rings (SSSR count). The van der Waals surface area contributed by atoms with E-state index in [4.69, 9.17) is 4.84 Å². The number of rotatable bonds is 8. The molecule has 0 aromatic heterocycles. The Kier molecular flexibility index (Phi) is 8.95. The van der Waals surface area contributed by atoms with Crippen LogP contribution in [-0.2, 0) is 4.84 Å². The van der Waals surface area contributed by atoms with Crippen LogP contribution in [0.4, 0.5) is 0 Å². The highest BCUT2D eigenvalue weighted by atomic mass is 16.7. The Morgan fingerprint density at radius 1 is 0.917 bits per heavy atom. The van der Waals surface area contributed by atoms with Crippen LogP contribution in [0.25, 0.3) is 0 Å². The molecule has 0 aliphatic rings. The molecule has 0 unspecified atom stereocenters. The third kappa shape index (κ3) is 6.62. The first kappa shape index (κ1) is 11.9. The van der Waals surface area contributed by atoms with Gasteiger partial charge in [-0.15, -0.1) is 4.84 Å². The first-order valence-corrected chi connectivity index (χ1v) is 5.23. The summed E-state index contributed by atoms with van der Waals surface area (Å²) in [7, 11) is 0. The van der Waals surface area contributed by atoms with E-state index < -0.39 is 0 Å². The molecule has 0 spiro atoms. The molecule has 1 radical (unpaired) electrons. The van der Waals surface area contributed by atoms with Gasteiger partial charge in [-0.05, 0) is 12.0 Å². The van der Waals surface area contributed by atoms with Gasteiger partial charge >= 0.3 is 0 Å². The monoisotopic (exact) mass is 173 g/mol. The average Bonchev–Trinajstić information content (AvgIpc) is 2.10. The lowest BCUT2D eigenvalue weighted by Crippen LogP contribution is -2.32. The number of hydroxylamine groups is 2. The van der Waals surface area contributed by atoms with Crippen LogP contribution in [0.5, 0.6) is 0 Å². The minimum atomic E-state index is 0.799. The Morgan fingerprint density at radius 3 is 1.75 bits per heavy atom. The second kappa shape index (κ2) is 9.01. The quantitative estimate of drug-likeness (QED) is 0.407. The Hall–Kier alpha value is -0.0800. The molecule has 0 amide bonds. The van der Waals surface area contributed by atoms with Crippen molar-refractivity contribution in [1.82, 2.24) is 5.06 Å². The minimum absolute atomic E-state index is 0.799. The fourth-order valence-electron chi connectivity index (χ4n) is 1.09. The van der Waals surface area contributed by atoms with Crippen LogP contribution in [0.1, 0.15) is 46.5 Å². The van der Waals surface area contributed by atoms with Crippen LogP contribution in [0.2, 0.25) is 0 Å². The lowest BCUT2D eigenvalue weighted by molar-refractivity contribution is -0.0665. The SMILES string of the molecule is CCCC[N+](CCCC)OCC. The summed E-state index contributed by atoms with van der Waals surface area (Å²) in [6, 6.07) is 0. The average molecular weight is 173 g/mol. The van der Waals surface area contributed by atoms with Crippen LogP contribution in [0.3, 0.4) is 0 Å². The Labute approximate surface area is 76.9 Å². The van der Waals surface area contributed by atoms with E-state index in [-0.39, 0.29) is 0 Å². The van der Waals surface area contributed by atoms with Gasteiger partial charge in [0, 0.05) is 12.8 Å². The Morgan fingerprint density at radius 2 is 1.42 bits per heavy atom. The van der Waals surface area contributed by atoms with Crippen molar-refractivity contribution in [1.29, 1.82) is 0 Å². The predicted octanol–water partition coefficient (Wildman–Crippen LogP) is 2.68. The topological polar surface area (TPSA) is 15.1 Å². The minimum Gasteiger partial charge on any atom is -0.149 e. The molecular formula is C10H23NO+. The fourth-order valence-corrected chi connectivity index (χ4v) is 1.09. The molecule has 2 nitrogen and oxygen atoms in total. The van der Waals surface area contributed by atoms with Gasteiger partial charge in [-0.25, -0.2) is 0 Å². The van der Waals surface area contributed by atoms with Gasteiger partial charge in [0.1, 0.15) is 6.61 Å². The zero-order chi connectivity index (χ0) is 9.23.